The molecule has 572 valence electrons. The van der Waals surface area contributed by atoms with Gasteiger partial charge in [0, 0.05) is 128 Å². The van der Waals surface area contributed by atoms with E-state index in [0.29, 0.717) is 129 Å². The van der Waals surface area contributed by atoms with E-state index in [2.05, 4.69) is 106 Å². The van der Waals surface area contributed by atoms with E-state index in [9.17, 15) is 24.0 Å². The summed E-state index contributed by atoms with van der Waals surface area (Å²) in [5.74, 6) is 2.94. The largest absolute Gasteiger partial charge is 0.566 e. The van der Waals surface area contributed by atoms with Gasteiger partial charge in [-0.3, -0.25) is 24.0 Å². The average Bonchev–Trinajstić information content (AvgIpc) is 1.57. The average molecular weight is 1500 g/mol. The number of likely N-dealkylation sites (tertiary alicyclic amines) is 4. The van der Waals surface area contributed by atoms with E-state index < -0.39 is 31.4 Å². The molecule has 20 nitrogen and oxygen atoms in total. The molecule has 0 aliphatic carbocycles. The molecule has 9 heterocycles. The molecule has 112 heavy (non-hydrogen) atoms. The number of rotatable bonds is 17. The number of amides is 4. The van der Waals surface area contributed by atoms with Crippen molar-refractivity contribution in [1.82, 2.24) is 34.6 Å². The zero-order chi connectivity index (χ0) is 77.2. The van der Waals surface area contributed by atoms with Gasteiger partial charge in [-0.05, 0) is 193 Å². The van der Waals surface area contributed by atoms with Crippen molar-refractivity contribution in [3.05, 3.63) is 284 Å². The van der Waals surface area contributed by atoms with Gasteiger partial charge in [0.25, 0.3) is 23.6 Å². The number of hydrogen-bond acceptors (Lipinski definition) is 13. The van der Waals surface area contributed by atoms with Crippen LogP contribution in [-0.4, -0.2) is 137 Å². The van der Waals surface area contributed by atoms with Crippen LogP contribution in [0.15, 0.2) is 200 Å². The number of nitrogens with zero attached hydrogens (tertiary/aromatic N) is 4. The second-order valence-electron chi connectivity index (χ2n) is 31.4. The number of aromatic amines is 3. The summed E-state index contributed by atoms with van der Waals surface area (Å²) < 4.78 is 25.2. The van der Waals surface area contributed by atoms with Crippen LogP contribution in [0.3, 0.4) is 0 Å². The van der Waals surface area contributed by atoms with Gasteiger partial charge in [0.05, 0.1) is 12.2 Å². The highest BCUT2D eigenvalue weighted by Crippen LogP contribution is 2.42. The van der Waals surface area contributed by atoms with Crippen molar-refractivity contribution < 1.29 is 42.6 Å². The Kier molecular flexibility index (Phi) is 21.9. The first-order valence-electron chi connectivity index (χ1n) is 39.7. The first-order valence-corrected chi connectivity index (χ1v) is 39.7. The minimum Gasteiger partial charge on any atom is -0.503 e. The predicted octanol–water partition coefficient (Wildman–Crippen LogP) is 12.9. The van der Waals surface area contributed by atoms with E-state index in [1.807, 2.05) is 142 Å². The second kappa shape index (κ2) is 32.6. The molecule has 2 atom stereocenters. The van der Waals surface area contributed by atoms with Gasteiger partial charge >= 0.3 is 20.2 Å². The van der Waals surface area contributed by atoms with Crippen molar-refractivity contribution in [2.75, 3.05) is 59.0 Å². The van der Waals surface area contributed by atoms with Gasteiger partial charge in [-0.1, -0.05) is 158 Å². The topological polar surface area (TPSA) is 287 Å². The molecule has 0 radical (unpaired) electrons. The zero-order valence-electron chi connectivity index (χ0n) is 63.7. The van der Waals surface area contributed by atoms with E-state index in [1.54, 1.807) is 6.92 Å². The Hall–Kier alpha value is -10.7. The highest BCUT2D eigenvalue weighted by atomic mass is 16.7. The molecule has 17 rings (SSSR count). The van der Waals surface area contributed by atoms with Crippen molar-refractivity contribution in [3.8, 4) is 0 Å². The molecule has 8 aromatic carbocycles. The standard InChI is InChI=1S/C45H47BN6O5.C45H50BN5O4/c1-45(36-10-4-12-38-34(36)24-40(49-38)42(53)51-18-14-30(15-19-51)32-8-2-6-28(22-32)26-47)44(55)56-46(57-45)37-11-5-13-39-35(37)25-41(50-39)43(54)52-20-16-31(17-21-52)33-9-3-7-29(23-33)27-48;1-45(40-12-5-13-41-39(40)27-42(49-41)44(53)51-22-17-35(18-23-51)37-10-4-8-33(26-37)29-48)30-54-46(55-45)19-14-31-6-2-11-38(24-31)43(52)50-20-15-34(16-21-50)36-9-3-7-32(25-36)28-47/h2-13,22-25,30-31,49-50H,14-21,26-27,47-48H2,1H3;2-14,19,24-27,34-35,49H,15-18,20-23,28-30,47-48H2,1H3/b;19-14+/t2*45-/m11/s1. The van der Waals surface area contributed by atoms with Crippen LogP contribution >= 0.6 is 0 Å². The van der Waals surface area contributed by atoms with Gasteiger partial charge in [0.1, 0.15) is 17.1 Å². The lowest BCUT2D eigenvalue weighted by molar-refractivity contribution is -0.142. The summed E-state index contributed by atoms with van der Waals surface area (Å²) in [4.78, 5) is 86.4. The first-order chi connectivity index (χ1) is 54.5. The first kappa shape index (κ1) is 75.4. The molecular formula is C90H97B2N11O9. The molecule has 0 spiro atoms. The number of benzene rings is 8. The smallest absolute Gasteiger partial charge is 0.503 e. The number of H-pyrrole nitrogens is 3. The number of aromatic nitrogens is 3. The van der Waals surface area contributed by atoms with Gasteiger partial charge in [-0.15, -0.1) is 0 Å². The Bertz CT molecular complexity index is 5350. The fourth-order valence-electron chi connectivity index (χ4n) is 17.7. The summed E-state index contributed by atoms with van der Waals surface area (Å²) in [5, 5.41) is 2.42. The lowest BCUT2D eigenvalue weighted by Gasteiger charge is -2.32. The molecule has 22 heteroatoms. The molecule has 6 fully saturated rings. The van der Waals surface area contributed by atoms with Crippen LogP contribution in [0.4, 0.5) is 0 Å². The molecule has 11 aromatic rings. The number of fused-ring (bicyclic) bond motifs is 3. The number of carbonyl (C=O) groups is 5. The third kappa shape index (κ3) is 15.6. The van der Waals surface area contributed by atoms with Gasteiger partial charge in [-0.25, -0.2) is 0 Å². The predicted molar refractivity (Wildman–Crippen MR) is 439 cm³/mol. The molecule has 6 aliphatic rings. The normalized spacial score (nSPS) is 19.7. The van der Waals surface area contributed by atoms with Gasteiger partial charge < -0.3 is 76.1 Å². The Balaban J connectivity index is 0.000000170. The molecule has 6 saturated heterocycles. The highest BCUT2D eigenvalue weighted by molar-refractivity contribution is 6.67. The fraction of sp³-hybridized carbons (Fsp3) is 0.322. The van der Waals surface area contributed by atoms with Gasteiger partial charge in [0.2, 0.25) is 0 Å². The molecule has 3 aromatic heterocycles. The van der Waals surface area contributed by atoms with Crippen LogP contribution < -0.4 is 28.4 Å². The van der Waals surface area contributed by atoms with E-state index >= 15 is 0 Å². The maximum Gasteiger partial charge on any atom is 0.566 e. The van der Waals surface area contributed by atoms with Gasteiger partial charge in [0.15, 0.2) is 5.60 Å². The van der Waals surface area contributed by atoms with Crippen molar-refractivity contribution in [2.24, 2.45) is 22.9 Å². The van der Waals surface area contributed by atoms with E-state index in [0.717, 1.165) is 131 Å². The van der Waals surface area contributed by atoms with Crippen LogP contribution in [0.2, 0.25) is 0 Å². The lowest BCUT2D eigenvalue weighted by atomic mass is 9.77. The Morgan fingerprint density at radius 1 is 0.438 bits per heavy atom. The highest BCUT2D eigenvalue weighted by Gasteiger charge is 2.53. The van der Waals surface area contributed by atoms with Crippen LogP contribution in [0.5, 0.6) is 0 Å². The fourth-order valence-corrected chi connectivity index (χ4v) is 17.7. The molecule has 4 amide bonds. The Morgan fingerprint density at radius 3 is 1.25 bits per heavy atom. The summed E-state index contributed by atoms with van der Waals surface area (Å²) in [6, 6.07) is 64.5. The summed E-state index contributed by atoms with van der Waals surface area (Å²) in [7, 11) is -1.57. The second-order valence-corrected chi connectivity index (χ2v) is 31.4. The lowest BCUT2D eigenvalue weighted by Crippen LogP contribution is -2.38. The van der Waals surface area contributed by atoms with Crippen LogP contribution in [0.1, 0.15) is 192 Å². The van der Waals surface area contributed by atoms with Gasteiger partial charge in [-0.2, -0.15) is 0 Å². The SMILES string of the molecule is C[C@]1(c2cccc3[nH]c(C(=O)N4CCC(c5cccc(CN)c5)CC4)cc23)COB(/C=C/c2cccc(C(=O)N3CCC(c4cccc(CN)c4)CC3)c2)O1.C[C@]1(c2cccc3[nH]c(C(=O)N4CCC(c5cccc(CN)c5)CC4)cc23)OB(c2cccc3[nH]c(C(=O)N4CCC(c5cccc(CN)c5)CC4)cc23)OC1=O. The monoisotopic (exact) mass is 1500 g/mol. The summed E-state index contributed by atoms with van der Waals surface area (Å²) in [6.45, 7) is 11.7. The number of piperidine rings is 4. The maximum absolute atomic E-state index is 13.8. The number of nitrogens with two attached hydrogens (primary N) is 4. The molecule has 6 aliphatic heterocycles. The summed E-state index contributed by atoms with van der Waals surface area (Å²) in [5.41, 5.74) is 38.7. The maximum atomic E-state index is 13.8. The molecule has 0 bridgehead atoms. The van der Waals surface area contributed by atoms with Crippen molar-refractivity contribution in [2.45, 2.75) is 126 Å². The Labute approximate surface area is 653 Å². The summed E-state index contributed by atoms with van der Waals surface area (Å²) in [6.07, 6.45) is 9.18. The third-order valence-corrected chi connectivity index (χ3v) is 24.2. The number of nitrogens with one attached hydrogen (secondary N) is 3. The van der Waals surface area contributed by atoms with Crippen LogP contribution in [0.25, 0.3) is 38.8 Å². The Morgan fingerprint density at radius 2 is 0.812 bits per heavy atom. The quantitative estimate of drug-likeness (QED) is 0.0418. The van der Waals surface area contributed by atoms with Crippen LogP contribution in [0, 0.1) is 0 Å². The summed E-state index contributed by atoms with van der Waals surface area (Å²) >= 11 is 0. The molecule has 11 N–H and O–H groups in total. The molecule has 0 saturated carbocycles. The van der Waals surface area contributed by atoms with E-state index in [4.69, 9.17) is 41.6 Å². The number of carbonyl (C=O) groups excluding carboxylic acids is 5. The minimum atomic E-state index is -1.45. The van der Waals surface area contributed by atoms with E-state index in [1.165, 1.54) is 22.3 Å². The molecular weight excluding hydrogens is 1400 g/mol. The third-order valence-electron chi connectivity index (χ3n) is 24.2. The molecule has 0 unspecified atom stereocenters. The van der Waals surface area contributed by atoms with Crippen LogP contribution in [-0.2, 0) is 60.8 Å². The van der Waals surface area contributed by atoms with Crippen molar-refractivity contribution >= 4 is 88.1 Å². The number of hydrogen-bond donors (Lipinski definition) is 7. The van der Waals surface area contributed by atoms with E-state index in [-0.39, 0.29) is 23.6 Å². The van der Waals surface area contributed by atoms with Crippen molar-refractivity contribution in [3.63, 3.8) is 0 Å². The zero-order valence-corrected chi connectivity index (χ0v) is 63.7. The van der Waals surface area contributed by atoms with Crippen molar-refractivity contribution in [1.29, 1.82) is 0 Å². The minimum absolute atomic E-state index is 0.0182.